The van der Waals surface area contributed by atoms with Crippen LogP contribution in [0.3, 0.4) is 0 Å². The van der Waals surface area contributed by atoms with Crippen LogP contribution in [0.5, 0.6) is 0 Å². The minimum atomic E-state index is 0.862. The summed E-state index contributed by atoms with van der Waals surface area (Å²) in [5.41, 5.74) is 6.06. The maximum absolute atomic E-state index is 6.19. The molecule has 6 rings (SSSR count). The number of rotatable bonds is 3. The Morgan fingerprint density at radius 3 is 2.00 bits per heavy atom. The second kappa shape index (κ2) is 6.78. The van der Waals surface area contributed by atoms with E-state index < -0.39 is 0 Å². The standard InChI is InChI=1S/C28H18O2/c1-2-6-19(7-3-1)10-11-20-12-14-21(15-13-20)27-18-23-25(30-27)16-17-26-28(23)22-8-4-5-9-24(22)29-26/h1-18H. The fourth-order valence-corrected chi connectivity index (χ4v) is 3.99. The molecule has 2 aromatic heterocycles. The maximum Gasteiger partial charge on any atom is 0.136 e. The quantitative estimate of drug-likeness (QED) is 0.287. The van der Waals surface area contributed by atoms with Crippen molar-refractivity contribution >= 4 is 45.1 Å². The summed E-state index contributed by atoms with van der Waals surface area (Å²) in [7, 11) is 0. The van der Waals surface area contributed by atoms with Gasteiger partial charge in [0.15, 0.2) is 0 Å². The van der Waals surface area contributed by atoms with Crippen molar-refractivity contribution < 1.29 is 8.83 Å². The van der Waals surface area contributed by atoms with Crippen LogP contribution in [0.2, 0.25) is 0 Å². The van der Waals surface area contributed by atoms with Gasteiger partial charge in [-0.1, -0.05) is 84.9 Å². The van der Waals surface area contributed by atoms with Crippen molar-refractivity contribution in [3.8, 4) is 11.3 Å². The molecule has 2 heterocycles. The van der Waals surface area contributed by atoms with E-state index in [9.17, 15) is 0 Å². The molecule has 30 heavy (non-hydrogen) atoms. The summed E-state index contributed by atoms with van der Waals surface area (Å²) in [6.07, 6.45) is 4.25. The fraction of sp³-hybridized carbons (Fsp3) is 0. The summed E-state index contributed by atoms with van der Waals surface area (Å²) < 4.78 is 12.2. The third-order valence-corrected chi connectivity index (χ3v) is 5.50. The average molecular weight is 386 g/mol. The summed E-state index contributed by atoms with van der Waals surface area (Å²) in [5.74, 6) is 0.862. The Kier molecular flexibility index (Phi) is 3.82. The van der Waals surface area contributed by atoms with Gasteiger partial charge in [0.1, 0.15) is 22.5 Å². The number of benzene rings is 4. The summed E-state index contributed by atoms with van der Waals surface area (Å²) in [6.45, 7) is 0. The highest BCUT2D eigenvalue weighted by atomic mass is 16.3. The summed E-state index contributed by atoms with van der Waals surface area (Å²) in [5, 5.41) is 3.31. The molecule has 2 nitrogen and oxygen atoms in total. The van der Waals surface area contributed by atoms with Crippen molar-refractivity contribution in [2.24, 2.45) is 0 Å². The van der Waals surface area contributed by atoms with E-state index in [1.807, 2.05) is 48.5 Å². The molecule has 4 aromatic carbocycles. The second-order valence-electron chi connectivity index (χ2n) is 7.43. The van der Waals surface area contributed by atoms with Crippen molar-refractivity contribution in [1.29, 1.82) is 0 Å². The Hall–Kier alpha value is -4.04. The molecule has 0 bridgehead atoms. The van der Waals surface area contributed by atoms with Gasteiger partial charge in [-0.15, -0.1) is 0 Å². The Bertz CT molecular complexity index is 1510. The average Bonchev–Trinajstić information content (AvgIpc) is 3.40. The van der Waals surface area contributed by atoms with Gasteiger partial charge in [0.25, 0.3) is 0 Å². The first-order chi connectivity index (χ1) is 14.8. The predicted octanol–water partition coefficient (Wildman–Crippen LogP) is 8.17. The number of hydrogen-bond acceptors (Lipinski definition) is 2. The largest absolute Gasteiger partial charge is 0.456 e. The highest BCUT2D eigenvalue weighted by molar-refractivity contribution is 6.18. The van der Waals surface area contributed by atoms with Crippen LogP contribution >= 0.6 is 0 Å². The van der Waals surface area contributed by atoms with E-state index >= 15 is 0 Å². The minimum absolute atomic E-state index is 0.862. The van der Waals surface area contributed by atoms with Crippen LogP contribution in [-0.2, 0) is 0 Å². The lowest BCUT2D eigenvalue weighted by Crippen LogP contribution is -1.76. The highest BCUT2D eigenvalue weighted by Crippen LogP contribution is 2.38. The maximum atomic E-state index is 6.19. The third kappa shape index (κ3) is 2.82. The first kappa shape index (κ1) is 16.9. The third-order valence-electron chi connectivity index (χ3n) is 5.50. The lowest BCUT2D eigenvalue weighted by Gasteiger charge is -1.98. The van der Waals surface area contributed by atoms with Crippen molar-refractivity contribution in [2.45, 2.75) is 0 Å². The summed E-state index contributed by atoms with van der Waals surface area (Å²) in [4.78, 5) is 0. The monoisotopic (exact) mass is 386 g/mol. The molecule has 0 saturated heterocycles. The predicted molar refractivity (Wildman–Crippen MR) is 124 cm³/mol. The molecule has 0 aliphatic heterocycles. The van der Waals surface area contributed by atoms with Gasteiger partial charge < -0.3 is 8.83 Å². The smallest absolute Gasteiger partial charge is 0.136 e. The van der Waals surface area contributed by atoms with Crippen molar-refractivity contribution in [1.82, 2.24) is 0 Å². The molecule has 0 spiro atoms. The van der Waals surface area contributed by atoms with Gasteiger partial charge in [0.05, 0.1) is 0 Å². The van der Waals surface area contributed by atoms with E-state index in [1.165, 1.54) is 5.56 Å². The molecule has 0 radical (unpaired) electrons. The van der Waals surface area contributed by atoms with E-state index in [0.717, 1.165) is 49.8 Å². The van der Waals surface area contributed by atoms with Gasteiger partial charge in [-0.2, -0.15) is 0 Å². The summed E-state index contributed by atoms with van der Waals surface area (Å²) in [6, 6.07) is 33.0. The van der Waals surface area contributed by atoms with Crippen LogP contribution in [0.15, 0.2) is 106 Å². The summed E-state index contributed by atoms with van der Waals surface area (Å²) >= 11 is 0. The fourth-order valence-electron chi connectivity index (χ4n) is 3.99. The molecule has 6 aromatic rings. The van der Waals surface area contributed by atoms with Gasteiger partial charge in [-0.05, 0) is 35.4 Å². The normalized spacial score (nSPS) is 11.9. The molecule has 142 valence electrons. The lowest BCUT2D eigenvalue weighted by molar-refractivity contribution is 0.631. The Balaban J connectivity index is 1.39. The lowest BCUT2D eigenvalue weighted by atomic mass is 10.1. The van der Waals surface area contributed by atoms with Crippen molar-refractivity contribution in [3.63, 3.8) is 0 Å². The van der Waals surface area contributed by atoms with Crippen LogP contribution in [0.1, 0.15) is 11.1 Å². The molecule has 0 N–H and O–H groups in total. The van der Waals surface area contributed by atoms with Gasteiger partial charge >= 0.3 is 0 Å². The molecular formula is C28H18O2. The first-order valence-corrected chi connectivity index (χ1v) is 10.0. The zero-order valence-corrected chi connectivity index (χ0v) is 16.2. The van der Waals surface area contributed by atoms with Crippen molar-refractivity contribution in [3.05, 3.63) is 108 Å². The van der Waals surface area contributed by atoms with E-state index in [-0.39, 0.29) is 0 Å². The Morgan fingerprint density at radius 2 is 1.17 bits per heavy atom. The van der Waals surface area contributed by atoms with E-state index in [2.05, 4.69) is 60.7 Å². The molecule has 0 atom stereocenters. The highest BCUT2D eigenvalue weighted by Gasteiger charge is 2.14. The number of hydrogen-bond donors (Lipinski definition) is 0. The number of fused-ring (bicyclic) bond motifs is 5. The van der Waals surface area contributed by atoms with Gasteiger partial charge in [0, 0.05) is 21.7 Å². The molecule has 0 aliphatic rings. The van der Waals surface area contributed by atoms with Gasteiger partial charge in [-0.25, -0.2) is 0 Å². The molecule has 0 fully saturated rings. The number of para-hydroxylation sites is 1. The van der Waals surface area contributed by atoms with E-state index in [1.54, 1.807) is 0 Å². The zero-order valence-electron chi connectivity index (χ0n) is 16.2. The Morgan fingerprint density at radius 1 is 0.500 bits per heavy atom. The van der Waals surface area contributed by atoms with Gasteiger partial charge in [-0.3, -0.25) is 0 Å². The molecule has 0 saturated carbocycles. The van der Waals surface area contributed by atoms with Crippen LogP contribution in [0.25, 0.3) is 56.4 Å². The zero-order chi connectivity index (χ0) is 19.9. The van der Waals surface area contributed by atoms with Crippen LogP contribution < -0.4 is 0 Å². The molecule has 0 aliphatic carbocycles. The van der Waals surface area contributed by atoms with E-state index in [4.69, 9.17) is 8.83 Å². The number of furan rings is 2. The Labute approximate surface area is 173 Å². The van der Waals surface area contributed by atoms with E-state index in [0.29, 0.717) is 0 Å². The molecule has 0 unspecified atom stereocenters. The topological polar surface area (TPSA) is 26.3 Å². The van der Waals surface area contributed by atoms with Crippen LogP contribution in [0.4, 0.5) is 0 Å². The molecule has 2 heteroatoms. The first-order valence-electron chi connectivity index (χ1n) is 10.0. The van der Waals surface area contributed by atoms with Gasteiger partial charge in [0.2, 0.25) is 0 Å². The molecule has 0 amide bonds. The van der Waals surface area contributed by atoms with Crippen LogP contribution in [0, 0.1) is 0 Å². The van der Waals surface area contributed by atoms with Crippen molar-refractivity contribution in [2.75, 3.05) is 0 Å². The SMILES string of the molecule is C(=Cc1ccc(-c2cc3c(ccc4oc5ccccc5c43)o2)cc1)c1ccccc1. The minimum Gasteiger partial charge on any atom is -0.456 e. The second-order valence-corrected chi connectivity index (χ2v) is 7.43. The molecular weight excluding hydrogens is 368 g/mol. The van der Waals surface area contributed by atoms with Crippen LogP contribution in [-0.4, -0.2) is 0 Å².